The Morgan fingerprint density at radius 1 is 1.53 bits per heavy atom. The van der Waals surface area contributed by atoms with Crippen molar-refractivity contribution in [3.63, 3.8) is 0 Å². The van der Waals surface area contributed by atoms with E-state index < -0.39 is 5.97 Å². The third kappa shape index (κ3) is 2.40. The fourth-order valence-electron chi connectivity index (χ4n) is 1.40. The second kappa shape index (κ2) is 4.73. The van der Waals surface area contributed by atoms with Crippen molar-refractivity contribution in [1.29, 1.82) is 0 Å². The number of thiazole rings is 1. The van der Waals surface area contributed by atoms with Crippen LogP contribution in [0, 0.1) is 0 Å². The molecule has 1 aromatic carbocycles. The van der Waals surface area contributed by atoms with Crippen LogP contribution in [0.2, 0.25) is 5.02 Å². The molecule has 0 aliphatic heterocycles. The van der Waals surface area contributed by atoms with Crippen molar-refractivity contribution in [3.05, 3.63) is 35.0 Å². The molecule has 0 saturated carbocycles. The van der Waals surface area contributed by atoms with Crippen LogP contribution >= 0.6 is 22.9 Å². The largest absolute Gasteiger partial charge is 0.476 e. The molecule has 0 aliphatic rings. The number of anilines is 1. The first-order valence-corrected chi connectivity index (χ1v) is 5.99. The number of nitrogens with one attached hydrogen (secondary N) is 1. The first kappa shape index (κ1) is 11.9. The van der Waals surface area contributed by atoms with Gasteiger partial charge in [-0.05, 0) is 17.7 Å². The molecule has 0 spiro atoms. The molecule has 0 atom stereocenters. The molecular weight excluding hydrogens is 260 g/mol. The van der Waals surface area contributed by atoms with E-state index in [0.29, 0.717) is 15.0 Å². The molecule has 0 aliphatic carbocycles. The number of aromatic nitrogens is 1. The third-order valence-electron chi connectivity index (χ3n) is 2.13. The maximum absolute atomic E-state index is 11.1. The lowest BCUT2D eigenvalue weighted by Crippen LogP contribution is -1.99. The zero-order chi connectivity index (χ0) is 12.4. The zero-order valence-corrected chi connectivity index (χ0v) is 10.5. The average Bonchev–Trinajstić information content (AvgIpc) is 2.73. The van der Waals surface area contributed by atoms with Gasteiger partial charge in [0.2, 0.25) is 0 Å². The summed E-state index contributed by atoms with van der Waals surface area (Å²) in [7, 11) is 1.70. The number of hydrogen-bond acceptors (Lipinski definition) is 4. The molecule has 0 saturated heterocycles. The van der Waals surface area contributed by atoms with Gasteiger partial charge in [-0.3, -0.25) is 0 Å². The lowest BCUT2D eigenvalue weighted by molar-refractivity contribution is 0.0692. The number of halogens is 1. The summed E-state index contributed by atoms with van der Waals surface area (Å²) in [6.45, 7) is 0. The standard InChI is InChI=1S/C11H9ClN2O2S/c1-13-11-14-8(10(15)16)9(17-11)6-3-2-4-7(12)5-6/h2-5H,1H3,(H,13,14)(H,15,16). The summed E-state index contributed by atoms with van der Waals surface area (Å²) in [4.78, 5) is 15.7. The molecule has 2 aromatic rings. The fraction of sp³-hybridized carbons (Fsp3) is 0.0909. The molecule has 0 fully saturated rings. The number of benzene rings is 1. The number of hydrogen-bond donors (Lipinski definition) is 2. The van der Waals surface area contributed by atoms with Crippen molar-refractivity contribution in [1.82, 2.24) is 4.98 Å². The summed E-state index contributed by atoms with van der Waals surface area (Å²) in [5.74, 6) is -1.04. The van der Waals surface area contributed by atoms with Gasteiger partial charge in [-0.1, -0.05) is 35.1 Å². The first-order valence-electron chi connectivity index (χ1n) is 4.79. The Kier molecular flexibility index (Phi) is 3.31. The highest BCUT2D eigenvalue weighted by atomic mass is 35.5. The number of carboxylic acids is 1. The van der Waals surface area contributed by atoms with Crippen molar-refractivity contribution in [3.8, 4) is 10.4 Å². The molecular formula is C11H9ClN2O2S. The molecule has 2 N–H and O–H groups in total. The van der Waals surface area contributed by atoms with E-state index in [1.165, 1.54) is 11.3 Å². The van der Waals surface area contributed by atoms with Crippen molar-refractivity contribution < 1.29 is 9.90 Å². The van der Waals surface area contributed by atoms with E-state index in [4.69, 9.17) is 16.7 Å². The van der Waals surface area contributed by atoms with Crippen LogP contribution in [0.4, 0.5) is 5.13 Å². The Bertz CT molecular complexity index is 568. The molecule has 0 radical (unpaired) electrons. The topological polar surface area (TPSA) is 62.2 Å². The maximum Gasteiger partial charge on any atom is 0.356 e. The number of nitrogens with zero attached hydrogens (tertiary/aromatic N) is 1. The molecule has 0 bridgehead atoms. The lowest BCUT2D eigenvalue weighted by Gasteiger charge is -1.99. The minimum absolute atomic E-state index is 0.0432. The number of carbonyl (C=O) groups is 1. The smallest absolute Gasteiger partial charge is 0.356 e. The minimum Gasteiger partial charge on any atom is -0.476 e. The Morgan fingerprint density at radius 2 is 2.29 bits per heavy atom. The average molecular weight is 269 g/mol. The molecule has 6 heteroatoms. The first-order chi connectivity index (χ1) is 8.11. The molecule has 1 heterocycles. The van der Waals surface area contributed by atoms with Gasteiger partial charge in [0, 0.05) is 12.1 Å². The minimum atomic E-state index is -1.04. The summed E-state index contributed by atoms with van der Waals surface area (Å²) in [6.07, 6.45) is 0. The second-order valence-corrected chi connectivity index (χ2v) is 4.70. The molecule has 17 heavy (non-hydrogen) atoms. The predicted octanol–water partition coefficient (Wildman–Crippen LogP) is 3.20. The Labute approximate surface area is 107 Å². The summed E-state index contributed by atoms with van der Waals surface area (Å²) in [6, 6.07) is 7.06. The molecule has 88 valence electrons. The second-order valence-electron chi connectivity index (χ2n) is 3.26. The van der Waals surface area contributed by atoms with Crippen LogP contribution in [-0.4, -0.2) is 23.1 Å². The van der Waals surface area contributed by atoms with Crippen molar-refractivity contribution >= 4 is 34.0 Å². The van der Waals surface area contributed by atoms with Crippen molar-refractivity contribution in [2.75, 3.05) is 12.4 Å². The molecule has 0 unspecified atom stereocenters. The van der Waals surface area contributed by atoms with E-state index in [1.54, 1.807) is 25.2 Å². The quantitative estimate of drug-likeness (QED) is 0.897. The lowest BCUT2D eigenvalue weighted by atomic mass is 10.1. The van der Waals surface area contributed by atoms with E-state index in [0.717, 1.165) is 5.56 Å². The van der Waals surface area contributed by atoms with Crippen molar-refractivity contribution in [2.45, 2.75) is 0 Å². The monoisotopic (exact) mass is 268 g/mol. The van der Waals surface area contributed by atoms with Crippen LogP contribution < -0.4 is 5.32 Å². The van der Waals surface area contributed by atoms with Crippen LogP contribution in [0.1, 0.15) is 10.5 Å². The highest BCUT2D eigenvalue weighted by Crippen LogP contribution is 2.34. The highest BCUT2D eigenvalue weighted by Gasteiger charge is 2.18. The number of aromatic carboxylic acids is 1. The summed E-state index contributed by atoms with van der Waals surface area (Å²) in [5, 5.41) is 13.1. The zero-order valence-electron chi connectivity index (χ0n) is 8.90. The van der Waals surface area contributed by atoms with Gasteiger partial charge in [-0.25, -0.2) is 9.78 Å². The van der Waals surface area contributed by atoms with Gasteiger partial charge in [0.05, 0.1) is 4.88 Å². The molecule has 2 rings (SSSR count). The van der Waals surface area contributed by atoms with Gasteiger partial charge in [0.15, 0.2) is 10.8 Å². The van der Waals surface area contributed by atoms with Gasteiger partial charge < -0.3 is 10.4 Å². The van der Waals surface area contributed by atoms with Crippen LogP contribution in [-0.2, 0) is 0 Å². The van der Waals surface area contributed by atoms with E-state index in [-0.39, 0.29) is 5.69 Å². The molecule has 1 aromatic heterocycles. The fourth-order valence-corrected chi connectivity index (χ4v) is 2.49. The van der Waals surface area contributed by atoms with Gasteiger partial charge in [0.1, 0.15) is 0 Å². The van der Waals surface area contributed by atoms with Gasteiger partial charge in [-0.2, -0.15) is 0 Å². The van der Waals surface area contributed by atoms with Crippen LogP contribution in [0.15, 0.2) is 24.3 Å². The summed E-state index contributed by atoms with van der Waals surface area (Å²) < 4.78 is 0. The summed E-state index contributed by atoms with van der Waals surface area (Å²) in [5.41, 5.74) is 0.801. The van der Waals surface area contributed by atoms with Crippen molar-refractivity contribution in [2.24, 2.45) is 0 Å². The summed E-state index contributed by atoms with van der Waals surface area (Å²) >= 11 is 7.18. The SMILES string of the molecule is CNc1nc(C(=O)O)c(-c2cccc(Cl)c2)s1. The van der Waals surface area contributed by atoms with E-state index in [2.05, 4.69) is 10.3 Å². The van der Waals surface area contributed by atoms with E-state index in [1.807, 2.05) is 6.07 Å². The molecule has 4 nitrogen and oxygen atoms in total. The Morgan fingerprint density at radius 3 is 2.88 bits per heavy atom. The van der Waals surface area contributed by atoms with Crippen LogP contribution in [0.25, 0.3) is 10.4 Å². The normalized spacial score (nSPS) is 10.2. The van der Waals surface area contributed by atoms with Crippen LogP contribution in [0.5, 0.6) is 0 Å². The molecule has 0 amide bonds. The predicted molar refractivity (Wildman–Crippen MR) is 69.1 cm³/mol. The maximum atomic E-state index is 11.1. The van der Waals surface area contributed by atoms with Gasteiger partial charge in [0.25, 0.3) is 0 Å². The highest BCUT2D eigenvalue weighted by molar-refractivity contribution is 7.19. The van der Waals surface area contributed by atoms with E-state index >= 15 is 0 Å². The Hall–Kier alpha value is -1.59. The Balaban J connectivity index is 2.57. The number of rotatable bonds is 3. The van der Waals surface area contributed by atoms with E-state index in [9.17, 15) is 4.79 Å². The van der Waals surface area contributed by atoms with Gasteiger partial charge >= 0.3 is 5.97 Å². The third-order valence-corrected chi connectivity index (χ3v) is 3.49. The number of carboxylic acid groups (broad SMARTS) is 1. The van der Waals surface area contributed by atoms with Crippen LogP contribution in [0.3, 0.4) is 0 Å². The van der Waals surface area contributed by atoms with Gasteiger partial charge in [-0.15, -0.1) is 0 Å².